The van der Waals surface area contributed by atoms with Crippen molar-refractivity contribution in [3.8, 4) is 11.5 Å². The van der Waals surface area contributed by atoms with Crippen LogP contribution in [0.5, 0.6) is 11.5 Å². The lowest BCUT2D eigenvalue weighted by molar-refractivity contribution is -0.384. The summed E-state index contributed by atoms with van der Waals surface area (Å²) in [7, 11) is 2.65. The number of alkyl halides is 2. The highest BCUT2D eigenvalue weighted by Gasteiger charge is 2.75. The Morgan fingerprint density at radius 3 is 2.46 bits per heavy atom. The van der Waals surface area contributed by atoms with Crippen LogP contribution >= 0.6 is 23.2 Å². The number of imide groups is 2. The minimum absolute atomic E-state index is 0.0694. The van der Waals surface area contributed by atoms with Crippen LogP contribution in [-0.2, 0) is 19.2 Å². The number of benzene rings is 2. The van der Waals surface area contributed by atoms with Crippen LogP contribution in [0.1, 0.15) is 24.3 Å². The van der Waals surface area contributed by atoms with Gasteiger partial charge in [0.1, 0.15) is 0 Å². The average Bonchev–Trinajstić information content (AvgIpc) is 3.28. The third kappa shape index (κ3) is 3.45. The zero-order valence-corrected chi connectivity index (χ0v) is 23.3. The number of nitrogens with zero attached hydrogens (tertiary/aromatic N) is 3. The zero-order valence-electron chi connectivity index (χ0n) is 21.7. The Morgan fingerprint density at radius 1 is 1.05 bits per heavy atom. The quantitative estimate of drug-likeness (QED) is 0.184. The molecular formula is C28H23Cl2N3O8. The number of aromatic hydroxyl groups is 1. The molecule has 0 unspecified atom stereocenters. The topological polar surface area (TPSA) is 147 Å². The number of phenols is 1. The third-order valence-corrected chi connectivity index (χ3v) is 10.3. The molecule has 2 heterocycles. The summed E-state index contributed by atoms with van der Waals surface area (Å²) in [5, 5.41) is 21.6. The predicted octanol–water partition coefficient (Wildman–Crippen LogP) is 3.50. The van der Waals surface area contributed by atoms with E-state index in [0.717, 1.165) is 15.9 Å². The largest absolute Gasteiger partial charge is 0.504 e. The Hall–Kier alpha value is -3.96. The van der Waals surface area contributed by atoms with Crippen molar-refractivity contribution in [2.75, 3.05) is 19.1 Å². The molecule has 2 aromatic carbocycles. The van der Waals surface area contributed by atoms with Crippen LogP contribution in [0.2, 0.25) is 0 Å². The van der Waals surface area contributed by atoms with E-state index in [2.05, 4.69) is 0 Å². The highest BCUT2D eigenvalue weighted by atomic mass is 35.5. The minimum Gasteiger partial charge on any atom is -0.504 e. The predicted molar refractivity (Wildman–Crippen MR) is 146 cm³/mol. The standard InChI is InChI=1S/C28H23Cl2N3O8/c1-31-25(37)27(29)12-18-16(22(28(27,30)26(31)38)13-6-9-19(34)20(10-13)41-2)7-8-17-21(18)24(36)32(23(17)35)14-4-3-5-15(11-14)33(39)40/h3-7,9-11,17-18,21-22,34H,8,12H2,1-2H3/t17-,18+,21-,22-,27+,28-/m0/s1. The number of likely N-dealkylation sites (tertiary alicyclic amines) is 1. The number of halogens is 2. The fourth-order valence-corrected chi connectivity index (χ4v) is 8.01. The first kappa shape index (κ1) is 27.2. The van der Waals surface area contributed by atoms with Gasteiger partial charge in [0.05, 0.1) is 29.6 Å². The van der Waals surface area contributed by atoms with Crippen LogP contribution in [0.3, 0.4) is 0 Å². The van der Waals surface area contributed by atoms with Crippen LogP contribution < -0.4 is 9.64 Å². The Balaban J connectivity index is 1.51. The maximum atomic E-state index is 14.0. The Bertz CT molecular complexity index is 1610. The highest BCUT2D eigenvalue weighted by molar-refractivity contribution is 6.53. The molecule has 2 saturated heterocycles. The lowest BCUT2D eigenvalue weighted by Crippen LogP contribution is -2.60. The molecule has 212 valence electrons. The van der Waals surface area contributed by atoms with Gasteiger partial charge in [0.25, 0.3) is 17.5 Å². The van der Waals surface area contributed by atoms with Crippen molar-refractivity contribution < 1.29 is 33.9 Å². The van der Waals surface area contributed by atoms with Crippen LogP contribution in [0.25, 0.3) is 0 Å². The number of phenolic OH excluding ortho intramolecular Hbond substituents is 1. The van der Waals surface area contributed by atoms with E-state index < -0.39 is 62.0 Å². The number of nitro benzene ring substituents is 1. The van der Waals surface area contributed by atoms with E-state index in [4.69, 9.17) is 27.9 Å². The third-order valence-electron chi connectivity index (χ3n) is 8.85. The molecule has 6 rings (SSSR count). The van der Waals surface area contributed by atoms with Crippen molar-refractivity contribution in [1.29, 1.82) is 0 Å². The SMILES string of the molecule is COc1cc([C@H]2C3=CC[C@@H]4C(=O)N(c5cccc([N+](=O)[O-])c5)C(=O)[C@@H]4[C@@H]3C[C@@]3(Cl)C(=O)N(C)C(=O)[C@@]23Cl)ccc1O. The van der Waals surface area contributed by atoms with Crippen LogP contribution in [0.4, 0.5) is 11.4 Å². The number of carbonyl (C=O) groups excluding carboxylic acids is 4. The van der Waals surface area contributed by atoms with Crippen molar-refractivity contribution in [3.63, 3.8) is 0 Å². The second-order valence-electron chi connectivity index (χ2n) is 10.7. The van der Waals surface area contributed by atoms with Crippen molar-refractivity contribution in [3.05, 3.63) is 69.8 Å². The van der Waals surface area contributed by atoms with E-state index in [1.54, 1.807) is 12.1 Å². The van der Waals surface area contributed by atoms with Gasteiger partial charge in [-0.05, 0) is 42.5 Å². The summed E-state index contributed by atoms with van der Waals surface area (Å²) in [5.74, 6) is -6.09. The molecule has 0 radical (unpaired) electrons. The molecule has 4 aliphatic rings. The van der Waals surface area contributed by atoms with Crippen molar-refractivity contribution >= 4 is 58.2 Å². The summed E-state index contributed by atoms with van der Waals surface area (Å²) in [6.07, 6.45) is 1.72. The molecule has 0 aromatic heterocycles. The van der Waals surface area contributed by atoms with E-state index in [9.17, 15) is 34.4 Å². The number of hydrogen-bond donors (Lipinski definition) is 1. The molecule has 0 bridgehead atoms. The van der Waals surface area contributed by atoms with Gasteiger partial charge in [-0.2, -0.15) is 0 Å². The molecule has 1 saturated carbocycles. The van der Waals surface area contributed by atoms with Gasteiger partial charge in [0.15, 0.2) is 21.2 Å². The molecule has 1 N–H and O–H groups in total. The number of allylic oxidation sites excluding steroid dienone is 2. The Kier molecular flexibility index (Phi) is 5.99. The number of non-ortho nitro benzene ring substituents is 1. The number of anilines is 1. The van der Waals surface area contributed by atoms with Gasteiger partial charge in [0.2, 0.25) is 11.8 Å². The fraction of sp³-hybridized carbons (Fsp3) is 0.357. The van der Waals surface area contributed by atoms with Gasteiger partial charge >= 0.3 is 0 Å². The summed E-state index contributed by atoms with van der Waals surface area (Å²) < 4.78 is 5.28. The van der Waals surface area contributed by atoms with Crippen LogP contribution in [0, 0.1) is 27.9 Å². The van der Waals surface area contributed by atoms with Gasteiger partial charge in [-0.1, -0.05) is 23.8 Å². The van der Waals surface area contributed by atoms with E-state index >= 15 is 0 Å². The van der Waals surface area contributed by atoms with E-state index in [1.165, 1.54) is 44.5 Å². The van der Waals surface area contributed by atoms with E-state index in [0.29, 0.717) is 11.1 Å². The van der Waals surface area contributed by atoms with Gasteiger partial charge in [0, 0.05) is 25.1 Å². The number of carbonyl (C=O) groups is 4. The first-order valence-electron chi connectivity index (χ1n) is 12.8. The van der Waals surface area contributed by atoms with Crippen LogP contribution in [0.15, 0.2) is 54.1 Å². The van der Waals surface area contributed by atoms with Crippen LogP contribution in [-0.4, -0.2) is 62.5 Å². The minimum atomic E-state index is -1.97. The lowest BCUT2D eigenvalue weighted by Gasteiger charge is -2.50. The first-order chi connectivity index (χ1) is 19.4. The number of methoxy groups -OCH3 is 1. The van der Waals surface area contributed by atoms with Gasteiger partial charge < -0.3 is 9.84 Å². The second-order valence-corrected chi connectivity index (χ2v) is 12.0. The molecule has 0 spiro atoms. The zero-order chi connectivity index (χ0) is 29.6. The smallest absolute Gasteiger partial charge is 0.271 e. The number of nitro groups is 1. The normalized spacial score (nSPS) is 32.4. The Morgan fingerprint density at radius 2 is 1.78 bits per heavy atom. The number of fused-ring (bicyclic) bond motifs is 4. The molecule has 2 aliphatic heterocycles. The van der Waals surface area contributed by atoms with Gasteiger partial charge in [-0.3, -0.25) is 34.2 Å². The van der Waals surface area contributed by atoms with Crippen molar-refractivity contribution in [2.45, 2.75) is 28.5 Å². The van der Waals surface area contributed by atoms with E-state index in [-0.39, 0.29) is 35.7 Å². The number of hydrogen-bond acceptors (Lipinski definition) is 8. The van der Waals surface area contributed by atoms with Crippen molar-refractivity contribution in [1.82, 2.24) is 4.90 Å². The monoisotopic (exact) mass is 599 g/mol. The molecule has 3 fully saturated rings. The maximum Gasteiger partial charge on any atom is 0.271 e. The Labute approximate surface area is 243 Å². The number of rotatable bonds is 4. The molecule has 41 heavy (non-hydrogen) atoms. The molecule has 2 aromatic rings. The molecule has 13 heteroatoms. The van der Waals surface area contributed by atoms with Gasteiger partial charge in [-0.15, -0.1) is 23.2 Å². The molecular weight excluding hydrogens is 577 g/mol. The molecule has 11 nitrogen and oxygen atoms in total. The van der Waals surface area contributed by atoms with Gasteiger partial charge in [-0.25, -0.2) is 4.90 Å². The summed E-state index contributed by atoms with van der Waals surface area (Å²) in [6.45, 7) is 0. The number of ether oxygens (including phenoxy) is 1. The lowest BCUT2D eigenvalue weighted by atomic mass is 9.56. The summed E-state index contributed by atoms with van der Waals surface area (Å²) in [5.41, 5.74) is 0.794. The molecule has 4 amide bonds. The fourth-order valence-electron chi connectivity index (χ4n) is 6.99. The maximum absolute atomic E-state index is 14.0. The second kappa shape index (κ2) is 9.02. The molecule has 6 atom stereocenters. The first-order valence-corrected chi connectivity index (χ1v) is 13.5. The van der Waals surface area contributed by atoms with Crippen molar-refractivity contribution in [2.24, 2.45) is 17.8 Å². The summed E-state index contributed by atoms with van der Waals surface area (Å²) in [6, 6.07) is 9.68. The summed E-state index contributed by atoms with van der Waals surface area (Å²) >= 11 is 14.2. The number of amides is 4. The highest BCUT2D eigenvalue weighted by Crippen LogP contribution is 2.65. The molecule has 2 aliphatic carbocycles. The summed E-state index contributed by atoms with van der Waals surface area (Å²) in [4.78, 5) is 63.4. The van der Waals surface area contributed by atoms with E-state index in [1.807, 2.05) is 0 Å². The average molecular weight is 600 g/mol.